The summed E-state index contributed by atoms with van der Waals surface area (Å²) < 4.78 is 4.96. The highest BCUT2D eigenvalue weighted by Gasteiger charge is 2.27. The Labute approximate surface area is 107 Å². The van der Waals surface area contributed by atoms with Crippen LogP contribution in [0, 0.1) is 5.92 Å². The van der Waals surface area contributed by atoms with Gasteiger partial charge in [0, 0.05) is 13.1 Å². The molecule has 0 aliphatic heterocycles. The summed E-state index contributed by atoms with van der Waals surface area (Å²) in [5.74, 6) is 0.746. The predicted molar refractivity (Wildman–Crippen MR) is 67.2 cm³/mol. The monoisotopic (exact) mass is 255 g/mol. The van der Waals surface area contributed by atoms with Gasteiger partial charge in [0.15, 0.2) is 0 Å². The van der Waals surface area contributed by atoms with E-state index in [9.17, 15) is 4.79 Å². The molecular formula is C13H18ClNO2. The standard InChI is InChI=1S/C13H18ClNO2/c1-9-3-5-10(6-4-9)15(2)13(16)11-7-8-17-12(11)14/h7-10H,3-6H2,1-2H3. The van der Waals surface area contributed by atoms with Crippen LogP contribution >= 0.6 is 11.6 Å². The lowest BCUT2D eigenvalue weighted by Crippen LogP contribution is -2.39. The molecule has 4 heteroatoms. The third-order valence-corrected chi connectivity index (χ3v) is 3.99. The molecule has 1 aliphatic carbocycles. The number of furan rings is 1. The second-order valence-corrected chi connectivity index (χ2v) is 5.28. The van der Waals surface area contributed by atoms with Gasteiger partial charge in [0.05, 0.1) is 11.8 Å². The van der Waals surface area contributed by atoms with Crippen molar-refractivity contribution in [1.29, 1.82) is 0 Å². The zero-order valence-electron chi connectivity index (χ0n) is 10.3. The number of carbonyl (C=O) groups excluding carboxylic acids is 1. The van der Waals surface area contributed by atoms with Crippen LogP contribution in [0.3, 0.4) is 0 Å². The number of hydrogen-bond acceptors (Lipinski definition) is 2. The molecule has 1 aromatic rings. The molecule has 17 heavy (non-hydrogen) atoms. The number of halogens is 1. The summed E-state index contributed by atoms with van der Waals surface area (Å²) in [4.78, 5) is 14.0. The Bertz CT molecular complexity index is 394. The maximum atomic E-state index is 12.2. The van der Waals surface area contributed by atoms with Crippen molar-refractivity contribution in [3.63, 3.8) is 0 Å². The van der Waals surface area contributed by atoms with Crippen molar-refractivity contribution < 1.29 is 9.21 Å². The van der Waals surface area contributed by atoms with Gasteiger partial charge in [-0.3, -0.25) is 4.79 Å². The summed E-state index contributed by atoms with van der Waals surface area (Å²) in [5.41, 5.74) is 0.466. The lowest BCUT2D eigenvalue weighted by Gasteiger charge is -2.33. The maximum Gasteiger partial charge on any atom is 0.258 e. The molecule has 0 saturated heterocycles. The van der Waals surface area contributed by atoms with Crippen LogP contribution in [0.5, 0.6) is 0 Å². The fourth-order valence-electron chi connectivity index (χ4n) is 2.43. The van der Waals surface area contributed by atoms with Gasteiger partial charge in [0.2, 0.25) is 5.22 Å². The number of nitrogens with zero attached hydrogens (tertiary/aromatic N) is 1. The highest BCUT2D eigenvalue weighted by atomic mass is 35.5. The molecule has 0 N–H and O–H groups in total. The predicted octanol–water partition coefficient (Wildman–Crippen LogP) is 3.58. The van der Waals surface area contributed by atoms with Crippen LogP contribution in [0.2, 0.25) is 5.22 Å². The Balaban J connectivity index is 2.03. The van der Waals surface area contributed by atoms with E-state index in [1.54, 1.807) is 6.07 Å². The van der Waals surface area contributed by atoms with Gasteiger partial charge in [-0.25, -0.2) is 0 Å². The molecule has 0 spiro atoms. The lowest BCUT2D eigenvalue weighted by atomic mass is 9.86. The van der Waals surface area contributed by atoms with E-state index in [4.69, 9.17) is 16.0 Å². The minimum absolute atomic E-state index is 0.0386. The van der Waals surface area contributed by atoms with E-state index in [-0.39, 0.29) is 11.1 Å². The van der Waals surface area contributed by atoms with Gasteiger partial charge in [-0.2, -0.15) is 0 Å². The Morgan fingerprint density at radius 2 is 2.06 bits per heavy atom. The van der Waals surface area contributed by atoms with Gasteiger partial charge in [0.1, 0.15) is 0 Å². The second kappa shape index (κ2) is 5.13. The molecule has 2 rings (SSSR count). The van der Waals surface area contributed by atoms with E-state index in [1.807, 2.05) is 11.9 Å². The van der Waals surface area contributed by atoms with Crippen LogP contribution in [-0.4, -0.2) is 23.9 Å². The van der Waals surface area contributed by atoms with Gasteiger partial charge >= 0.3 is 0 Å². The third-order valence-electron chi connectivity index (χ3n) is 3.70. The first-order valence-corrected chi connectivity index (χ1v) is 6.47. The zero-order chi connectivity index (χ0) is 12.4. The molecule has 0 unspecified atom stereocenters. The first-order valence-electron chi connectivity index (χ1n) is 6.09. The molecule has 0 radical (unpaired) electrons. The van der Waals surface area contributed by atoms with Gasteiger partial charge in [-0.15, -0.1) is 0 Å². The van der Waals surface area contributed by atoms with Gasteiger partial charge in [-0.05, 0) is 49.3 Å². The van der Waals surface area contributed by atoms with Crippen LogP contribution in [0.15, 0.2) is 16.7 Å². The summed E-state index contributed by atoms with van der Waals surface area (Å²) in [6.45, 7) is 2.27. The van der Waals surface area contributed by atoms with Crippen molar-refractivity contribution in [3.05, 3.63) is 23.1 Å². The highest BCUT2D eigenvalue weighted by molar-refractivity contribution is 6.32. The minimum Gasteiger partial charge on any atom is -0.452 e. The molecule has 0 atom stereocenters. The molecule has 1 aromatic heterocycles. The smallest absolute Gasteiger partial charge is 0.258 e. The fourth-order valence-corrected chi connectivity index (χ4v) is 2.63. The van der Waals surface area contributed by atoms with Crippen molar-refractivity contribution in [2.45, 2.75) is 38.6 Å². The van der Waals surface area contributed by atoms with Crippen LogP contribution in [0.1, 0.15) is 43.0 Å². The van der Waals surface area contributed by atoms with Crippen molar-refractivity contribution in [2.24, 2.45) is 5.92 Å². The molecule has 94 valence electrons. The van der Waals surface area contributed by atoms with E-state index in [1.165, 1.54) is 19.1 Å². The summed E-state index contributed by atoms with van der Waals surface area (Å²) in [7, 11) is 1.85. The molecule has 1 heterocycles. The van der Waals surface area contributed by atoms with Gasteiger partial charge in [0.25, 0.3) is 5.91 Å². The van der Waals surface area contributed by atoms with Crippen LogP contribution in [-0.2, 0) is 0 Å². The van der Waals surface area contributed by atoms with Crippen LogP contribution < -0.4 is 0 Å². The molecule has 1 saturated carbocycles. The fraction of sp³-hybridized carbons (Fsp3) is 0.615. The molecule has 3 nitrogen and oxygen atoms in total. The zero-order valence-corrected chi connectivity index (χ0v) is 11.0. The number of hydrogen-bond donors (Lipinski definition) is 0. The Hall–Kier alpha value is -0.960. The molecule has 0 bridgehead atoms. The van der Waals surface area contributed by atoms with Crippen molar-refractivity contribution in [1.82, 2.24) is 4.90 Å². The molecule has 1 aliphatic rings. The normalized spacial score (nSPS) is 24.6. The average molecular weight is 256 g/mol. The van der Waals surface area contributed by atoms with Crippen molar-refractivity contribution in [3.8, 4) is 0 Å². The summed E-state index contributed by atoms with van der Waals surface area (Å²) in [5, 5.41) is 0.186. The molecule has 1 amide bonds. The van der Waals surface area contributed by atoms with Crippen LogP contribution in [0.25, 0.3) is 0 Å². The van der Waals surface area contributed by atoms with E-state index >= 15 is 0 Å². The summed E-state index contributed by atoms with van der Waals surface area (Å²) in [6.07, 6.45) is 6.01. The first kappa shape index (κ1) is 12.5. The topological polar surface area (TPSA) is 33.5 Å². The maximum absolute atomic E-state index is 12.2. The Morgan fingerprint density at radius 1 is 1.41 bits per heavy atom. The van der Waals surface area contributed by atoms with Crippen molar-refractivity contribution in [2.75, 3.05) is 7.05 Å². The molecule has 1 fully saturated rings. The minimum atomic E-state index is -0.0386. The number of carbonyl (C=O) groups is 1. The lowest BCUT2D eigenvalue weighted by molar-refractivity contribution is 0.0679. The number of rotatable bonds is 2. The van der Waals surface area contributed by atoms with E-state index in [2.05, 4.69) is 6.92 Å². The molecular weight excluding hydrogens is 238 g/mol. The average Bonchev–Trinajstić information content (AvgIpc) is 2.74. The van der Waals surface area contributed by atoms with Crippen LogP contribution in [0.4, 0.5) is 0 Å². The highest BCUT2D eigenvalue weighted by Crippen LogP contribution is 2.28. The number of amides is 1. The van der Waals surface area contributed by atoms with Gasteiger partial charge < -0.3 is 9.32 Å². The Morgan fingerprint density at radius 3 is 2.59 bits per heavy atom. The van der Waals surface area contributed by atoms with Gasteiger partial charge in [-0.1, -0.05) is 6.92 Å². The second-order valence-electron chi connectivity index (χ2n) is 4.94. The third kappa shape index (κ3) is 2.65. The van der Waals surface area contributed by atoms with E-state index < -0.39 is 0 Å². The summed E-state index contributed by atoms with van der Waals surface area (Å²) >= 11 is 5.83. The molecule has 0 aromatic carbocycles. The largest absolute Gasteiger partial charge is 0.452 e. The van der Waals surface area contributed by atoms with E-state index in [0.29, 0.717) is 11.6 Å². The Kier molecular flexibility index (Phi) is 3.77. The quantitative estimate of drug-likeness (QED) is 0.809. The van der Waals surface area contributed by atoms with Crippen molar-refractivity contribution >= 4 is 17.5 Å². The summed E-state index contributed by atoms with van der Waals surface area (Å²) in [6, 6.07) is 1.97. The SMILES string of the molecule is CC1CCC(N(C)C(=O)c2ccoc2Cl)CC1. The first-order chi connectivity index (χ1) is 8.09. The van der Waals surface area contributed by atoms with E-state index in [0.717, 1.165) is 18.8 Å².